The van der Waals surface area contributed by atoms with Crippen molar-refractivity contribution in [2.45, 2.75) is 34.9 Å². The molecule has 0 amide bonds. The third-order valence-electron chi connectivity index (χ3n) is 3.80. The van der Waals surface area contributed by atoms with E-state index < -0.39 is 18.1 Å². The van der Waals surface area contributed by atoms with Crippen LogP contribution in [0.1, 0.15) is 0 Å². The number of rotatable bonds is 12. The molecular formula is C17H27ClN4O4S3Si. The molecule has 2 N–H and O–H groups in total. The SMILES string of the molecule is COc1nc(SCCN)cnc1N(COCC[Si](C)(C)C)S(=O)(=O)c1ccc(Cl)s1. The van der Waals surface area contributed by atoms with Gasteiger partial charge in [-0.25, -0.2) is 22.7 Å². The minimum atomic E-state index is -3.97. The molecule has 2 heterocycles. The predicted octanol–water partition coefficient (Wildman–Crippen LogP) is 3.76. The molecule has 0 aromatic carbocycles. The minimum absolute atomic E-state index is 0.0622. The van der Waals surface area contributed by atoms with Gasteiger partial charge in [0.2, 0.25) is 5.82 Å². The summed E-state index contributed by atoms with van der Waals surface area (Å²) >= 11 is 8.35. The van der Waals surface area contributed by atoms with Crippen LogP contribution in [0.4, 0.5) is 5.82 Å². The summed E-state index contributed by atoms with van der Waals surface area (Å²) in [6.07, 6.45) is 1.50. The van der Waals surface area contributed by atoms with Crippen molar-refractivity contribution in [3.05, 3.63) is 22.7 Å². The highest BCUT2D eigenvalue weighted by Crippen LogP contribution is 2.34. The molecule has 0 aliphatic heterocycles. The summed E-state index contributed by atoms with van der Waals surface area (Å²) in [6, 6.07) is 3.91. The molecular weight excluding hydrogens is 484 g/mol. The number of ether oxygens (including phenoxy) is 2. The topological polar surface area (TPSA) is 108 Å². The second-order valence-corrected chi connectivity index (χ2v) is 18.0. The largest absolute Gasteiger partial charge is 0.478 e. The fourth-order valence-corrected chi connectivity index (χ4v) is 6.46. The molecule has 168 valence electrons. The van der Waals surface area contributed by atoms with E-state index in [1.165, 1.54) is 31.1 Å². The van der Waals surface area contributed by atoms with E-state index in [1.54, 1.807) is 6.07 Å². The Balaban J connectivity index is 2.37. The highest BCUT2D eigenvalue weighted by atomic mass is 35.5. The summed E-state index contributed by atoms with van der Waals surface area (Å²) in [6.45, 7) is 7.41. The lowest BCUT2D eigenvalue weighted by Crippen LogP contribution is -2.35. The summed E-state index contributed by atoms with van der Waals surface area (Å²) in [5, 5.41) is 0.595. The predicted molar refractivity (Wildman–Crippen MR) is 126 cm³/mol. The Morgan fingerprint density at radius 2 is 2.07 bits per heavy atom. The monoisotopic (exact) mass is 510 g/mol. The van der Waals surface area contributed by atoms with Gasteiger partial charge in [-0.15, -0.1) is 23.1 Å². The van der Waals surface area contributed by atoms with E-state index in [0.29, 0.717) is 28.3 Å². The minimum Gasteiger partial charge on any atom is -0.478 e. The van der Waals surface area contributed by atoms with Gasteiger partial charge in [-0.2, -0.15) is 0 Å². The van der Waals surface area contributed by atoms with Gasteiger partial charge < -0.3 is 15.2 Å². The van der Waals surface area contributed by atoms with Crippen molar-refractivity contribution in [2.75, 3.05) is 37.1 Å². The number of halogens is 1. The molecule has 30 heavy (non-hydrogen) atoms. The van der Waals surface area contributed by atoms with Crippen molar-refractivity contribution >= 4 is 58.6 Å². The molecule has 2 aromatic heterocycles. The highest BCUT2D eigenvalue weighted by Gasteiger charge is 2.31. The zero-order chi connectivity index (χ0) is 22.4. The Labute approximate surface area is 192 Å². The lowest BCUT2D eigenvalue weighted by Gasteiger charge is -2.24. The number of thioether (sulfide) groups is 1. The fraction of sp³-hybridized carbons (Fsp3) is 0.529. The van der Waals surface area contributed by atoms with Gasteiger partial charge >= 0.3 is 0 Å². The lowest BCUT2D eigenvalue weighted by atomic mass is 10.6. The van der Waals surface area contributed by atoms with Crippen LogP contribution >= 0.6 is 34.7 Å². The van der Waals surface area contributed by atoms with Crippen LogP contribution in [0.5, 0.6) is 5.88 Å². The Kier molecular flexibility index (Phi) is 9.40. The molecule has 0 unspecified atom stereocenters. The molecule has 0 saturated carbocycles. The second kappa shape index (κ2) is 11.1. The molecule has 0 bridgehead atoms. The molecule has 13 heteroatoms. The van der Waals surface area contributed by atoms with Crippen molar-refractivity contribution in [1.29, 1.82) is 0 Å². The number of aromatic nitrogens is 2. The average molecular weight is 511 g/mol. The van der Waals surface area contributed by atoms with Crippen molar-refractivity contribution in [1.82, 2.24) is 9.97 Å². The van der Waals surface area contributed by atoms with E-state index in [2.05, 4.69) is 29.6 Å². The van der Waals surface area contributed by atoms with Gasteiger partial charge in [0.15, 0.2) is 0 Å². The second-order valence-electron chi connectivity index (χ2n) is 7.44. The van der Waals surface area contributed by atoms with Crippen molar-refractivity contribution in [3.63, 3.8) is 0 Å². The first kappa shape index (κ1) is 25.4. The Hall–Kier alpha value is -0.893. The summed E-state index contributed by atoms with van der Waals surface area (Å²) in [5.74, 6) is 0.816. The summed E-state index contributed by atoms with van der Waals surface area (Å²) in [7, 11) is -3.87. The van der Waals surface area contributed by atoms with Crippen LogP contribution < -0.4 is 14.8 Å². The van der Waals surface area contributed by atoms with E-state index in [-0.39, 0.29) is 22.6 Å². The van der Waals surface area contributed by atoms with Gasteiger partial charge in [0, 0.05) is 27.0 Å². The third kappa shape index (κ3) is 7.07. The number of thiophene rings is 1. The summed E-state index contributed by atoms with van der Waals surface area (Å²) in [4.78, 5) is 8.70. The average Bonchev–Trinajstić information content (AvgIpc) is 3.12. The van der Waals surface area contributed by atoms with Gasteiger partial charge in [-0.3, -0.25) is 0 Å². The van der Waals surface area contributed by atoms with Gasteiger partial charge in [0.1, 0.15) is 16.0 Å². The summed E-state index contributed by atoms with van der Waals surface area (Å²) < 4.78 is 39.3. The Bertz CT molecular complexity index is 937. The van der Waals surface area contributed by atoms with Crippen LogP contribution in [-0.4, -0.2) is 59.2 Å². The van der Waals surface area contributed by atoms with Crippen molar-refractivity contribution in [2.24, 2.45) is 5.73 Å². The van der Waals surface area contributed by atoms with E-state index in [9.17, 15) is 8.42 Å². The molecule has 0 aliphatic rings. The first-order valence-corrected chi connectivity index (χ1v) is 16.5. The maximum absolute atomic E-state index is 13.3. The van der Waals surface area contributed by atoms with Crippen LogP contribution in [0.25, 0.3) is 0 Å². The van der Waals surface area contributed by atoms with E-state index >= 15 is 0 Å². The van der Waals surface area contributed by atoms with Crippen LogP contribution in [0, 0.1) is 0 Å². The smallest absolute Gasteiger partial charge is 0.277 e. The standard InChI is InChI=1S/C17H27ClN4O4S3Si/c1-25-17-16(20-11-14(21-17)27-9-7-19)22(12-26-8-10-30(2,3)4)29(23,24)15-6-5-13(18)28-15/h5-6,11H,7-10,12,19H2,1-4H3. The third-order valence-corrected chi connectivity index (χ3v) is 9.84. The molecule has 2 aromatic rings. The van der Waals surface area contributed by atoms with Crippen LogP contribution in [0.2, 0.25) is 30.0 Å². The van der Waals surface area contributed by atoms with Gasteiger partial charge in [-0.05, 0) is 18.2 Å². The number of hydrogen-bond donors (Lipinski definition) is 1. The molecule has 0 fully saturated rings. The molecule has 8 nitrogen and oxygen atoms in total. The van der Waals surface area contributed by atoms with E-state index in [4.69, 9.17) is 26.8 Å². The molecule has 0 atom stereocenters. The first-order chi connectivity index (χ1) is 14.1. The number of hydrogen-bond acceptors (Lipinski definition) is 9. The van der Waals surface area contributed by atoms with Gasteiger partial charge in [0.25, 0.3) is 15.9 Å². The Morgan fingerprint density at radius 1 is 1.33 bits per heavy atom. The van der Waals surface area contributed by atoms with Crippen LogP contribution in [-0.2, 0) is 14.8 Å². The normalized spacial score (nSPS) is 12.2. The number of sulfonamides is 1. The van der Waals surface area contributed by atoms with Crippen LogP contribution in [0.15, 0.2) is 27.6 Å². The Morgan fingerprint density at radius 3 is 2.63 bits per heavy atom. The molecule has 0 saturated heterocycles. The van der Waals surface area contributed by atoms with Gasteiger partial charge in [-0.1, -0.05) is 31.2 Å². The van der Waals surface area contributed by atoms with Gasteiger partial charge in [0.05, 0.1) is 17.6 Å². The number of nitrogens with zero attached hydrogens (tertiary/aromatic N) is 3. The van der Waals surface area contributed by atoms with Crippen LogP contribution in [0.3, 0.4) is 0 Å². The molecule has 0 radical (unpaired) electrons. The summed E-state index contributed by atoms with van der Waals surface area (Å²) in [5.41, 5.74) is 5.54. The number of nitrogens with two attached hydrogens (primary N) is 1. The van der Waals surface area contributed by atoms with E-state index in [0.717, 1.165) is 21.7 Å². The van der Waals surface area contributed by atoms with Crippen molar-refractivity contribution in [3.8, 4) is 5.88 Å². The highest BCUT2D eigenvalue weighted by molar-refractivity contribution is 7.99. The number of methoxy groups -OCH3 is 1. The zero-order valence-corrected chi connectivity index (χ0v) is 21.6. The fourth-order valence-electron chi connectivity index (χ4n) is 2.21. The molecule has 0 aliphatic carbocycles. The van der Waals surface area contributed by atoms with Crippen molar-refractivity contribution < 1.29 is 17.9 Å². The van der Waals surface area contributed by atoms with E-state index in [1.807, 2.05) is 0 Å². The molecule has 0 spiro atoms. The zero-order valence-electron chi connectivity index (χ0n) is 17.4. The maximum Gasteiger partial charge on any atom is 0.277 e. The number of anilines is 1. The maximum atomic E-state index is 13.3. The first-order valence-electron chi connectivity index (χ1n) is 9.18. The lowest BCUT2D eigenvalue weighted by molar-refractivity contribution is 0.155. The quantitative estimate of drug-likeness (QED) is 0.199. The molecule has 2 rings (SSSR count).